The maximum Gasteiger partial charge on any atom is 0.194 e. The fraction of sp³-hybridized carbons (Fsp3) is 0.667. The van der Waals surface area contributed by atoms with Gasteiger partial charge < -0.3 is 15.0 Å². The third kappa shape index (κ3) is 5.31. The zero-order chi connectivity index (χ0) is 21.8. The average Bonchev–Trinajstić information content (AvgIpc) is 2.71. The Labute approximate surface area is 179 Å². The van der Waals surface area contributed by atoms with Crippen LogP contribution in [0.4, 0.5) is 4.39 Å². The molecule has 0 bridgehead atoms. The molecule has 0 amide bonds. The van der Waals surface area contributed by atoms with Gasteiger partial charge in [-0.25, -0.2) is 12.8 Å². The third-order valence-electron chi connectivity index (χ3n) is 5.83. The van der Waals surface area contributed by atoms with Gasteiger partial charge >= 0.3 is 0 Å². The van der Waals surface area contributed by atoms with Crippen molar-refractivity contribution in [1.29, 1.82) is 0 Å². The molecule has 1 N–H and O–H groups in total. The molecule has 168 valence electrons. The number of benzene rings is 1. The number of hydrogen-bond acceptors (Lipinski definition) is 5. The summed E-state index contributed by atoms with van der Waals surface area (Å²) in [6.07, 6.45) is 0. The average molecular weight is 441 g/mol. The van der Waals surface area contributed by atoms with Crippen molar-refractivity contribution in [2.24, 2.45) is 4.99 Å². The second-order valence-electron chi connectivity index (χ2n) is 8.41. The Kier molecular flexibility index (Phi) is 7.36. The molecule has 1 atom stereocenters. The molecule has 30 heavy (non-hydrogen) atoms. The Bertz CT molecular complexity index is 836. The van der Waals surface area contributed by atoms with Crippen LogP contribution in [-0.4, -0.2) is 87.2 Å². The molecule has 2 aliphatic rings. The highest BCUT2D eigenvalue weighted by Crippen LogP contribution is 2.25. The van der Waals surface area contributed by atoms with Crippen molar-refractivity contribution in [2.75, 3.05) is 58.2 Å². The second-order valence-corrected chi connectivity index (χ2v) is 11.2. The van der Waals surface area contributed by atoms with Gasteiger partial charge in [0.15, 0.2) is 15.8 Å². The number of aliphatic imine (C=N–C) groups is 1. The number of rotatable bonds is 5. The summed E-state index contributed by atoms with van der Waals surface area (Å²) < 4.78 is 42.9. The highest BCUT2D eigenvalue weighted by molar-refractivity contribution is 7.92. The van der Waals surface area contributed by atoms with Gasteiger partial charge in [-0.05, 0) is 38.5 Å². The number of nitrogens with zero attached hydrogens (tertiary/aromatic N) is 3. The van der Waals surface area contributed by atoms with E-state index in [4.69, 9.17) is 9.73 Å². The summed E-state index contributed by atoms with van der Waals surface area (Å²) in [6, 6.07) is 6.60. The van der Waals surface area contributed by atoms with Crippen molar-refractivity contribution >= 4 is 15.8 Å². The van der Waals surface area contributed by atoms with Crippen molar-refractivity contribution in [3.8, 4) is 0 Å². The molecule has 0 aliphatic carbocycles. The van der Waals surface area contributed by atoms with Crippen LogP contribution in [0.2, 0.25) is 0 Å². The molecule has 2 fully saturated rings. The monoisotopic (exact) mass is 440 g/mol. The molecular weight excluding hydrogens is 407 g/mol. The van der Waals surface area contributed by atoms with E-state index in [0.717, 1.165) is 24.6 Å². The summed E-state index contributed by atoms with van der Waals surface area (Å²) in [7, 11) is -3.12. The molecule has 7 nitrogen and oxygen atoms in total. The zero-order valence-corrected chi connectivity index (χ0v) is 18.9. The van der Waals surface area contributed by atoms with Gasteiger partial charge in [-0.3, -0.25) is 9.89 Å². The van der Waals surface area contributed by atoms with Gasteiger partial charge in [0.25, 0.3) is 0 Å². The van der Waals surface area contributed by atoms with Crippen molar-refractivity contribution in [3.63, 3.8) is 0 Å². The van der Waals surface area contributed by atoms with Crippen LogP contribution in [0.5, 0.6) is 0 Å². The highest BCUT2D eigenvalue weighted by atomic mass is 32.2. The summed E-state index contributed by atoms with van der Waals surface area (Å²) in [5, 5.41) is 3.31. The van der Waals surface area contributed by atoms with E-state index in [0.29, 0.717) is 39.4 Å². The van der Waals surface area contributed by atoms with Crippen molar-refractivity contribution < 1.29 is 17.5 Å². The Balaban J connectivity index is 1.82. The minimum absolute atomic E-state index is 0.00434. The number of nitrogens with one attached hydrogen (secondary N) is 1. The number of sulfone groups is 1. The first-order chi connectivity index (χ1) is 14.2. The molecule has 0 radical (unpaired) electrons. The van der Waals surface area contributed by atoms with Crippen molar-refractivity contribution in [3.05, 3.63) is 35.6 Å². The van der Waals surface area contributed by atoms with E-state index in [1.165, 1.54) is 12.1 Å². The van der Waals surface area contributed by atoms with Crippen LogP contribution < -0.4 is 5.32 Å². The lowest BCUT2D eigenvalue weighted by Crippen LogP contribution is -2.57. The standard InChI is InChI=1S/C21H33FN4O3S/c1-4-23-20(26-11-14-30(27,28)21(2,3)16-26)24-15-19(25-9-12-29-13-10-25)17-5-7-18(22)8-6-17/h5-8,19H,4,9-16H2,1-3H3,(H,23,24). The van der Waals surface area contributed by atoms with Crippen LogP contribution in [0.15, 0.2) is 29.3 Å². The van der Waals surface area contributed by atoms with E-state index >= 15 is 0 Å². The predicted molar refractivity (Wildman–Crippen MR) is 117 cm³/mol. The first-order valence-electron chi connectivity index (χ1n) is 10.6. The fourth-order valence-corrected chi connectivity index (χ4v) is 5.29. The van der Waals surface area contributed by atoms with Gasteiger partial charge in [0.05, 0.1) is 36.3 Å². The maximum atomic E-state index is 13.5. The topological polar surface area (TPSA) is 74.2 Å². The van der Waals surface area contributed by atoms with E-state index in [1.54, 1.807) is 13.8 Å². The summed E-state index contributed by atoms with van der Waals surface area (Å²) in [4.78, 5) is 9.23. The molecule has 1 aromatic rings. The Hall–Kier alpha value is -1.71. The van der Waals surface area contributed by atoms with Gasteiger partial charge in [0, 0.05) is 32.7 Å². The van der Waals surface area contributed by atoms with Gasteiger partial charge in [0.1, 0.15) is 5.82 Å². The Morgan fingerprint density at radius 1 is 1.23 bits per heavy atom. The quantitative estimate of drug-likeness (QED) is 0.555. The zero-order valence-electron chi connectivity index (χ0n) is 18.1. The van der Waals surface area contributed by atoms with E-state index in [1.807, 2.05) is 24.0 Å². The van der Waals surface area contributed by atoms with Crippen molar-refractivity contribution in [2.45, 2.75) is 31.6 Å². The van der Waals surface area contributed by atoms with Gasteiger partial charge in [-0.1, -0.05) is 12.1 Å². The predicted octanol–water partition coefficient (Wildman–Crippen LogP) is 1.67. The number of hydrogen-bond donors (Lipinski definition) is 1. The van der Waals surface area contributed by atoms with Gasteiger partial charge in [0.2, 0.25) is 0 Å². The second kappa shape index (κ2) is 9.62. The van der Waals surface area contributed by atoms with Gasteiger partial charge in [-0.15, -0.1) is 0 Å². The van der Waals surface area contributed by atoms with E-state index in [-0.39, 0.29) is 17.6 Å². The molecular formula is C21H33FN4O3S. The third-order valence-corrected chi connectivity index (χ3v) is 8.37. The minimum Gasteiger partial charge on any atom is -0.379 e. The summed E-state index contributed by atoms with van der Waals surface area (Å²) in [6.45, 7) is 10.5. The molecule has 1 aromatic carbocycles. The number of ether oxygens (including phenoxy) is 1. The van der Waals surface area contributed by atoms with Crippen LogP contribution in [-0.2, 0) is 14.6 Å². The molecule has 0 saturated carbocycles. The van der Waals surface area contributed by atoms with Crippen LogP contribution in [0.3, 0.4) is 0 Å². The summed E-state index contributed by atoms with van der Waals surface area (Å²) in [5.41, 5.74) is 1.01. The molecule has 2 aliphatic heterocycles. The van der Waals surface area contributed by atoms with Crippen molar-refractivity contribution in [1.82, 2.24) is 15.1 Å². The largest absolute Gasteiger partial charge is 0.379 e. The first-order valence-corrected chi connectivity index (χ1v) is 12.2. The number of guanidine groups is 1. The summed E-state index contributed by atoms with van der Waals surface area (Å²) >= 11 is 0. The molecule has 1 unspecified atom stereocenters. The molecule has 3 rings (SSSR count). The molecule has 2 heterocycles. The number of halogens is 1. The van der Waals surface area contributed by atoms with E-state index in [2.05, 4.69) is 10.2 Å². The van der Waals surface area contributed by atoms with E-state index in [9.17, 15) is 12.8 Å². The Morgan fingerprint density at radius 3 is 2.50 bits per heavy atom. The molecule has 2 saturated heterocycles. The highest BCUT2D eigenvalue weighted by Gasteiger charge is 2.41. The van der Waals surface area contributed by atoms with Crippen LogP contribution in [0.1, 0.15) is 32.4 Å². The lowest BCUT2D eigenvalue weighted by molar-refractivity contribution is 0.0179. The SMILES string of the molecule is CCNC(=NCC(c1ccc(F)cc1)N1CCOCC1)N1CCS(=O)(=O)C(C)(C)C1. The van der Waals surface area contributed by atoms with Gasteiger partial charge in [-0.2, -0.15) is 0 Å². The fourth-order valence-electron chi connectivity index (χ4n) is 3.93. The molecule has 9 heteroatoms. The lowest BCUT2D eigenvalue weighted by Gasteiger charge is -2.39. The maximum absolute atomic E-state index is 13.5. The normalized spacial score (nSPS) is 23.2. The minimum atomic E-state index is -3.12. The molecule has 0 spiro atoms. The number of morpholine rings is 1. The van der Waals surface area contributed by atoms with E-state index < -0.39 is 14.6 Å². The smallest absolute Gasteiger partial charge is 0.194 e. The van der Waals surface area contributed by atoms with Crippen LogP contribution >= 0.6 is 0 Å². The lowest BCUT2D eigenvalue weighted by atomic mass is 10.0. The summed E-state index contributed by atoms with van der Waals surface area (Å²) in [5.74, 6) is 0.587. The van der Waals surface area contributed by atoms with Crippen LogP contribution in [0.25, 0.3) is 0 Å². The molecule has 0 aromatic heterocycles. The van der Waals surface area contributed by atoms with Crippen LogP contribution in [0, 0.1) is 5.82 Å². The first kappa shape index (κ1) is 23.0. The Morgan fingerprint density at radius 2 is 1.90 bits per heavy atom.